The van der Waals surface area contributed by atoms with E-state index in [0.29, 0.717) is 17.9 Å². The van der Waals surface area contributed by atoms with Crippen molar-refractivity contribution in [2.45, 2.75) is 6.61 Å². The van der Waals surface area contributed by atoms with Crippen molar-refractivity contribution < 1.29 is 19.4 Å². The molecule has 1 heterocycles. The first-order valence-corrected chi connectivity index (χ1v) is 8.49. The second kappa shape index (κ2) is 7.25. The van der Waals surface area contributed by atoms with Crippen LogP contribution in [0.2, 0.25) is 0 Å². The highest BCUT2D eigenvalue weighted by Crippen LogP contribution is 2.39. The van der Waals surface area contributed by atoms with E-state index in [9.17, 15) is 4.79 Å². The maximum absolute atomic E-state index is 11.1. The van der Waals surface area contributed by atoms with Gasteiger partial charge in [-0.05, 0) is 29.3 Å². The average molecular weight is 359 g/mol. The van der Waals surface area contributed by atoms with Gasteiger partial charge >= 0.3 is 6.16 Å². The standard InChI is InChI=1S/C22H17NO4/c24-22(25)27-21-20(16-9-5-2-6-10-16)18-13-17(11-12-19(18)23-21)26-14-15-7-3-1-4-8-15/h1-13,23H,14H2,(H,24,25). The van der Waals surface area contributed by atoms with Crippen molar-refractivity contribution in [2.24, 2.45) is 0 Å². The molecule has 5 nitrogen and oxygen atoms in total. The number of carboxylic acid groups (broad SMARTS) is 1. The lowest BCUT2D eigenvalue weighted by Crippen LogP contribution is -2.03. The molecule has 134 valence electrons. The summed E-state index contributed by atoms with van der Waals surface area (Å²) in [6.07, 6.45) is -1.36. The van der Waals surface area contributed by atoms with Crippen molar-refractivity contribution in [1.82, 2.24) is 4.98 Å². The molecule has 0 unspecified atom stereocenters. The summed E-state index contributed by atoms with van der Waals surface area (Å²) in [6, 6.07) is 25.0. The summed E-state index contributed by atoms with van der Waals surface area (Å²) in [7, 11) is 0. The molecular formula is C22H17NO4. The SMILES string of the molecule is O=C(O)Oc1[nH]c2ccc(OCc3ccccc3)cc2c1-c1ccccc1. The molecule has 0 atom stereocenters. The summed E-state index contributed by atoms with van der Waals surface area (Å²) >= 11 is 0. The van der Waals surface area contributed by atoms with E-state index in [4.69, 9.17) is 14.6 Å². The molecule has 4 rings (SSSR count). The summed E-state index contributed by atoms with van der Waals surface area (Å²) in [5, 5.41) is 9.90. The molecular weight excluding hydrogens is 342 g/mol. The van der Waals surface area contributed by atoms with Gasteiger partial charge in [0.05, 0.1) is 5.56 Å². The van der Waals surface area contributed by atoms with Gasteiger partial charge in [-0.2, -0.15) is 0 Å². The van der Waals surface area contributed by atoms with Crippen molar-refractivity contribution in [3.8, 4) is 22.8 Å². The number of aromatic nitrogens is 1. The van der Waals surface area contributed by atoms with Crippen molar-refractivity contribution in [3.63, 3.8) is 0 Å². The molecule has 0 aliphatic carbocycles. The Bertz CT molecular complexity index is 1070. The Morgan fingerprint density at radius 3 is 2.33 bits per heavy atom. The largest absolute Gasteiger partial charge is 0.512 e. The third-order valence-corrected chi connectivity index (χ3v) is 4.24. The highest BCUT2D eigenvalue weighted by Gasteiger charge is 2.17. The first-order chi connectivity index (χ1) is 13.2. The van der Waals surface area contributed by atoms with E-state index in [1.54, 1.807) is 0 Å². The number of nitrogens with one attached hydrogen (secondary N) is 1. The molecule has 0 fully saturated rings. The fourth-order valence-corrected chi connectivity index (χ4v) is 3.03. The minimum atomic E-state index is -1.36. The molecule has 0 amide bonds. The summed E-state index contributed by atoms with van der Waals surface area (Å²) in [4.78, 5) is 14.1. The first kappa shape index (κ1) is 16.7. The van der Waals surface area contributed by atoms with E-state index >= 15 is 0 Å². The number of aromatic amines is 1. The quantitative estimate of drug-likeness (QED) is 0.464. The Labute approximate surface area is 155 Å². The molecule has 27 heavy (non-hydrogen) atoms. The van der Waals surface area contributed by atoms with Crippen LogP contribution in [-0.4, -0.2) is 16.2 Å². The summed E-state index contributed by atoms with van der Waals surface area (Å²) in [6.45, 7) is 0.454. The van der Waals surface area contributed by atoms with Crippen LogP contribution in [0.4, 0.5) is 4.79 Å². The van der Waals surface area contributed by atoms with Gasteiger partial charge in [0.25, 0.3) is 0 Å². The van der Waals surface area contributed by atoms with E-state index < -0.39 is 6.16 Å². The molecule has 3 aromatic carbocycles. The van der Waals surface area contributed by atoms with Gasteiger partial charge in [-0.1, -0.05) is 60.7 Å². The Morgan fingerprint density at radius 2 is 1.63 bits per heavy atom. The fraction of sp³-hybridized carbons (Fsp3) is 0.0455. The third-order valence-electron chi connectivity index (χ3n) is 4.24. The first-order valence-electron chi connectivity index (χ1n) is 8.49. The lowest BCUT2D eigenvalue weighted by atomic mass is 10.0. The molecule has 1 aromatic heterocycles. The third kappa shape index (κ3) is 3.62. The van der Waals surface area contributed by atoms with Crippen LogP contribution in [0, 0.1) is 0 Å². The van der Waals surface area contributed by atoms with Crippen molar-refractivity contribution in [3.05, 3.63) is 84.4 Å². The summed E-state index contributed by atoms with van der Waals surface area (Å²) in [5.74, 6) is 0.897. The highest BCUT2D eigenvalue weighted by molar-refractivity contribution is 6.00. The van der Waals surface area contributed by atoms with Gasteiger partial charge in [-0.15, -0.1) is 0 Å². The maximum Gasteiger partial charge on any atom is 0.512 e. The zero-order valence-corrected chi connectivity index (χ0v) is 14.4. The van der Waals surface area contributed by atoms with Crippen LogP contribution in [0.5, 0.6) is 11.6 Å². The lowest BCUT2D eigenvalue weighted by Gasteiger charge is -2.07. The normalized spacial score (nSPS) is 10.7. The molecule has 0 aliphatic heterocycles. The van der Waals surface area contributed by atoms with Crippen LogP contribution in [0.3, 0.4) is 0 Å². The summed E-state index contributed by atoms with van der Waals surface area (Å²) < 4.78 is 10.9. The monoisotopic (exact) mass is 359 g/mol. The lowest BCUT2D eigenvalue weighted by molar-refractivity contribution is 0.143. The van der Waals surface area contributed by atoms with Crippen LogP contribution >= 0.6 is 0 Å². The van der Waals surface area contributed by atoms with E-state index in [-0.39, 0.29) is 5.88 Å². The average Bonchev–Trinajstić information content (AvgIpc) is 3.04. The number of hydrogen-bond donors (Lipinski definition) is 2. The van der Waals surface area contributed by atoms with E-state index in [0.717, 1.165) is 22.0 Å². The van der Waals surface area contributed by atoms with Crippen molar-refractivity contribution in [2.75, 3.05) is 0 Å². The molecule has 5 heteroatoms. The predicted octanol–water partition coefficient (Wildman–Crippen LogP) is 5.47. The van der Waals surface area contributed by atoms with Gasteiger partial charge in [0.15, 0.2) is 0 Å². The van der Waals surface area contributed by atoms with Gasteiger partial charge in [0, 0.05) is 10.9 Å². The topological polar surface area (TPSA) is 71.5 Å². The number of fused-ring (bicyclic) bond motifs is 1. The molecule has 2 N–H and O–H groups in total. The Kier molecular flexibility index (Phi) is 4.49. The number of rotatable bonds is 5. The number of ether oxygens (including phenoxy) is 2. The van der Waals surface area contributed by atoms with E-state index in [2.05, 4.69) is 4.98 Å². The second-order valence-electron chi connectivity index (χ2n) is 6.04. The Hall–Kier alpha value is -3.73. The zero-order chi connectivity index (χ0) is 18.6. The van der Waals surface area contributed by atoms with Crippen LogP contribution in [0.15, 0.2) is 78.9 Å². The predicted molar refractivity (Wildman–Crippen MR) is 103 cm³/mol. The molecule has 0 spiro atoms. The maximum atomic E-state index is 11.1. The molecule has 0 bridgehead atoms. The number of H-pyrrole nitrogens is 1. The number of carbonyl (C=O) groups is 1. The zero-order valence-electron chi connectivity index (χ0n) is 14.4. The van der Waals surface area contributed by atoms with Gasteiger partial charge in [-0.3, -0.25) is 0 Å². The molecule has 4 aromatic rings. The fourth-order valence-electron chi connectivity index (χ4n) is 3.03. The minimum Gasteiger partial charge on any atom is -0.489 e. The molecule has 0 radical (unpaired) electrons. The van der Waals surface area contributed by atoms with Crippen molar-refractivity contribution in [1.29, 1.82) is 0 Å². The van der Waals surface area contributed by atoms with Gasteiger partial charge in [-0.25, -0.2) is 4.79 Å². The smallest absolute Gasteiger partial charge is 0.489 e. The Balaban J connectivity index is 1.74. The van der Waals surface area contributed by atoms with Gasteiger partial charge in [0.2, 0.25) is 5.88 Å². The molecule has 0 aliphatic rings. The van der Waals surface area contributed by atoms with Crippen molar-refractivity contribution >= 4 is 17.1 Å². The minimum absolute atomic E-state index is 0.198. The molecule has 0 saturated heterocycles. The van der Waals surface area contributed by atoms with Crippen LogP contribution in [0.1, 0.15) is 5.56 Å². The van der Waals surface area contributed by atoms with E-state index in [1.165, 1.54) is 0 Å². The van der Waals surface area contributed by atoms with Crippen LogP contribution in [0.25, 0.3) is 22.0 Å². The van der Waals surface area contributed by atoms with Gasteiger partial charge < -0.3 is 19.6 Å². The van der Waals surface area contributed by atoms with Gasteiger partial charge in [0.1, 0.15) is 12.4 Å². The number of benzene rings is 3. The van der Waals surface area contributed by atoms with Crippen LogP contribution < -0.4 is 9.47 Å². The Morgan fingerprint density at radius 1 is 0.926 bits per heavy atom. The molecule has 0 saturated carbocycles. The van der Waals surface area contributed by atoms with E-state index in [1.807, 2.05) is 78.9 Å². The summed E-state index contributed by atoms with van der Waals surface area (Å²) in [5.41, 5.74) is 3.40. The van der Waals surface area contributed by atoms with Crippen LogP contribution in [-0.2, 0) is 6.61 Å². The highest BCUT2D eigenvalue weighted by atomic mass is 16.7. The number of hydrogen-bond acceptors (Lipinski definition) is 3. The second-order valence-corrected chi connectivity index (χ2v) is 6.04.